The van der Waals surface area contributed by atoms with Crippen LogP contribution in [-0.2, 0) is 9.53 Å². The summed E-state index contributed by atoms with van der Waals surface area (Å²) in [7, 11) is 0. The third kappa shape index (κ3) is 3.76. The monoisotopic (exact) mass is 350 g/mol. The first-order valence-electron chi connectivity index (χ1n) is 8.22. The van der Waals surface area contributed by atoms with Crippen LogP contribution < -0.4 is 5.32 Å². The number of carbonyl (C=O) groups is 2. The predicted molar refractivity (Wildman–Crippen MR) is 76.3 cm³/mol. The number of carboxylic acids is 1. The Bertz CT molecular complexity index is 509. The lowest BCUT2D eigenvalue weighted by Gasteiger charge is -2.31. The van der Waals surface area contributed by atoms with Crippen LogP contribution in [0.15, 0.2) is 0 Å². The Labute approximate surface area is 137 Å². The van der Waals surface area contributed by atoms with Crippen LogP contribution in [0.25, 0.3) is 0 Å². The van der Waals surface area contributed by atoms with E-state index in [-0.39, 0.29) is 12.1 Å². The maximum Gasteiger partial charge on any atom is 0.394 e. The number of aliphatic carboxylic acids is 1. The first-order chi connectivity index (χ1) is 11.3. The molecule has 6 nitrogen and oxygen atoms in total. The van der Waals surface area contributed by atoms with Gasteiger partial charge in [-0.05, 0) is 31.6 Å². The number of amides is 2. The highest BCUT2D eigenvalue weighted by Gasteiger charge is 2.53. The van der Waals surface area contributed by atoms with E-state index in [1.807, 2.05) is 0 Å². The van der Waals surface area contributed by atoms with Gasteiger partial charge in [0.1, 0.15) is 0 Å². The van der Waals surface area contributed by atoms with Crippen LogP contribution in [0.4, 0.5) is 18.0 Å². The Balaban J connectivity index is 1.57. The van der Waals surface area contributed by atoms with Crippen molar-refractivity contribution in [1.82, 2.24) is 10.2 Å². The summed E-state index contributed by atoms with van der Waals surface area (Å²) in [4.78, 5) is 24.3. The molecule has 0 aromatic rings. The quantitative estimate of drug-likeness (QED) is 0.814. The van der Waals surface area contributed by atoms with E-state index in [1.54, 1.807) is 0 Å². The van der Waals surface area contributed by atoms with E-state index in [9.17, 15) is 22.8 Å². The van der Waals surface area contributed by atoms with E-state index >= 15 is 0 Å². The van der Waals surface area contributed by atoms with E-state index in [1.165, 1.54) is 0 Å². The smallest absolute Gasteiger partial charge is 0.394 e. The molecule has 0 bridgehead atoms. The molecule has 2 N–H and O–H groups in total. The van der Waals surface area contributed by atoms with Crippen molar-refractivity contribution >= 4 is 12.0 Å². The lowest BCUT2D eigenvalue weighted by atomic mass is 9.96. The molecular formula is C15H21F3N2O4. The minimum absolute atomic E-state index is 0.109. The number of halogens is 3. The van der Waals surface area contributed by atoms with Crippen LogP contribution in [0.3, 0.4) is 0 Å². The van der Waals surface area contributed by atoms with E-state index in [0.29, 0.717) is 25.4 Å². The molecule has 3 fully saturated rings. The molecule has 0 radical (unpaired) electrons. The summed E-state index contributed by atoms with van der Waals surface area (Å²) >= 11 is 0. The van der Waals surface area contributed by atoms with Gasteiger partial charge >= 0.3 is 18.2 Å². The normalized spacial score (nSPS) is 34.2. The molecule has 2 heterocycles. The molecule has 2 unspecified atom stereocenters. The fraction of sp³-hybridized carbons (Fsp3) is 0.867. The zero-order valence-electron chi connectivity index (χ0n) is 13.1. The van der Waals surface area contributed by atoms with Gasteiger partial charge in [-0.15, -0.1) is 0 Å². The van der Waals surface area contributed by atoms with Crippen molar-refractivity contribution in [1.29, 1.82) is 0 Å². The van der Waals surface area contributed by atoms with Crippen molar-refractivity contribution in [2.45, 2.75) is 44.0 Å². The van der Waals surface area contributed by atoms with Gasteiger partial charge in [0.15, 0.2) is 0 Å². The standard InChI is InChI=1S/C15H21F3N2O4/c16-15(17,18)11-7-20(6-10(11)13(21)22)14(23)19-9-3-4-24-12(5-9)8-1-2-8/h8-12H,1-7H2,(H,19,23)(H,21,22)/t9?,10-,11-,12?/m1/s1. The van der Waals surface area contributed by atoms with E-state index in [0.717, 1.165) is 17.7 Å². The molecule has 3 rings (SSSR count). The Morgan fingerprint density at radius 1 is 1.17 bits per heavy atom. The van der Waals surface area contributed by atoms with E-state index in [2.05, 4.69) is 5.32 Å². The molecule has 9 heteroatoms. The summed E-state index contributed by atoms with van der Waals surface area (Å²) < 4.78 is 44.6. The SMILES string of the molecule is O=C(O)[C@@H]1CN(C(=O)NC2CCOC(C3CC3)C2)C[C@H]1C(F)(F)F. The summed E-state index contributed by atoms with van der Waals surface area (Å²) in [5.41, 5.74) is 0. The van der Waals surface area contributed by atoms with Crippen LogP contribution >= 0.6 is 0 Å². The summed E-state index contributed by atoms with van der Waals surface area (Å²) in [5.74, 6) is -4.62. The number of nitrogens with zero attached hydrogens (tertiary/aromatic N) is 1. The average molecular weight is 350 g/mol. The number of carboxylic acid groups (broad SMARTS) is 1. The number of likely N-dealkylation sites (tertiary alicyclic amines) is 1. The summed E-state index contributed by atoms with van der Waals surface area (Å²) in [5, 5.41) is 11.7. The minimum Gasteiger partial charge on any atom is -0.481 e. The predicted octanol–water partition coefficient (Wildman–Crippen LogP) is 1.85. The molecule has 3 aliphatic rings. The summed E-state index contributed by atoms with van der Waals surface area (Å²) in [6.07, 6.45) is -1.01. The van der Waals surface area contributed by atoms with Crippen molar-refractivity contribution in [2.24, 2.45) is 17.8 Å². The third-order valence-corrected chi connectivity index (χ3v) is 5.14. The molecule has 24 heavy (non-hydrogen) atoms. The number of hydrogen-bond donors (Lipinski definition) is 2. The van der Waals surface area contributed by atoms with Crippen molar-refractivity contribution < 1.29 is 32.6 Å². The highest BCUT2D eigenvalue weighted by atomic mass is 19.4. The van der Waals surface area contributed by atoms with Gasteiger partial charge < -0.3 is 20.1 Å². The Hall–Kier alpha value is -1.51. The highest BCUT2D eigenvalue weighted by Crippen LogP contribution is 2.39. The Morgan fingerprint density at radius 2 is 1.88 bits per heavy atom. The fourth-order valence-electron chi connectivity index (χ4n) is 3.57. The van der Waals surface area contributed by atoms with Gasteiger partial charge in [-0.25, -0.2) is 4.79 Å². The van der Waals surface area contributed by atoms with Crippen LogP contribution in [0.5, 0.6) is 0 Å². The van der Waals surface area contributed by atoms with E-state index < -0.39 is 43.1 Å². The number of nitrogens with one attached hydrogen (secondary N) is 1. The molecule has 2 amide bonds. The van der Waals surface area contributed by atoms with E-state index in [4.69, 9.17) is 9.84 Å². The van der Waals surface area contributed by atoms with Gasteiger partial charge in [0.2, 0.25) is 0 Å². The minimum atomic E-state index is -4.63. The van der Waals surface area contributed by atoms with Gasteiger partial charge in [0, 0.05) is 25.7 Å². The molecule has 1 saturated carbocycles. The molecule has 2 aliphatic heterocycles. The lowest BCUT2D eigenvalue weighted by molar-refractivity contribution is -0.187. The molecule has 0 spiro atoms. The maximum absolute atomic E-state index is 13.0. The first-order valence-corrected chi connectivity index (χ1v) is 8.22. The van der Waals surface area contributed by atoms with Gasteiger partial charge in [-0.1, -0.05) is 0 Å². The number of rotatable bonds is 3. The molecule has 0 aromatic heterocycles. The number of urea groups is 1. The van der Waals surface area contributed by atoms with Crippen molar-refractivity contribution in [2.75, 3.05) is 19.7 Å². The average Bonchev–Trinajstić information content (AvgIpc) is 3.23. The Morgan fingerprint density at radius 3 is 2.42 bits per heavy atom. The number of ether oxygens (including phenoxy) is 1. The zero-order valence-corrected chi connectivity index (χ0v) is 13.1. The van der Waals surface area contributed by atoms with Crippen molar-refractivity contribution in [3.63, 3.8) is 0 Å². The molecular weight excluding hydrogens is 329 g/mol. The number of carbonyl (C=O) groups excluding carboxylic acids is 1. The maximum atomic E-state index is 13.0. The number of hydrogen-bond acceptors (Lipinski definition) is 3. The van der Waals surface area contributed by atoms with Gasteiger partial charge in [-0.2, -0.15) is 13.2 Å². The van der Waals surface area contributed by atoms with Crippen LogP contribution in [0.2, 0.25) is 0 Å². The van der Waals surface area contributed by atoms with Gasteiger partial charge in [0.25, 0.3) is 0 Å². The summed E-state index contributed by atoms with van der Waals surface area (Å²) in [6, 6.07) is -0.750. The topological polar surface area (TPSA) is 78.9 Å². The Kier molecular flexibility index (Phi) is 4.63. The molecule has 4 atom stereocenters. The van der Waals surface area contributed by atoms with Crippen molar-refractivity contribution in [3.8, 4) is 0 Å². The molecule has 0 aromatic carbocycles. The number of alkyl halides is 3. The molecule has 136 valence electrons. The second-order valence-electron chi connectivity index (χ2n) is 6.92. The zero-order chi connectivity index (χ0) is 17.5. The largest absolute Gasteiger partial charge is 0.481 e. The molecule has 2 saturated heterocycles. The van der Waals surface area contributed by atoms with Crippen LogP contribution in [-0.4, -0.2) is 60.0 Å². The second-order valence-corrected chi connectivity index (χ2v) is 6.92. The third-order valence-electron chi connectivity index (χ3n) is 5.14. The van der Waals surface area contributed by atoms with Crippen LogP contribution in [0.1, 0.15) is 25.7 Å². The second kappa shape index (κ2) is 6.42. The van der Waals surface area contributed by atoms with Crippen LogP contribution in [0, 0.1) is 17.8 Å². The fourth-order valence-corrected chi connectivity index (χ4v) is 3.57. The van der Waals surface area contributed by atoms with Gasteiger partial charge in [0.05, 0.1) is 17.9 Å². The molecule has 1 aliphatic carbocycles. The van der Waals surface area contributed by atoms with Crippen molar-refractivity contribution in [3.05, 3.63) is 0 Å². The highest BCUT2D eigenvalue weighted by molar-refractivity contribution is 5.78. The first kappa shape index (κ1) is 17.3. The summed E-state index contributed by atoms with van der Waals surface area (Å²) in [6.45, 7) is -0.503. The van der Waals surface area contributed by atoms with Gasteiger partial charge in [-0.3, -0.25) is 4.79 Å². The lowest BCUT2D eigenvalue weighted by Crippen LogP contribution is -2.48.